The summed E-state index contributed by atoms with van der Waals surface area (Å²) in [6, 6.07) is 7.93. The van der Waals surface area contributed by atoms with Gasteiger partial charge in [-0.3, -0.25) is 0 Å². The SMILES string of the molecule is CCNC(=NCc1ccc(F)c(COC)c1)NCCOc1ccc(F)cc1F.I. The van der Waals surface area contributed by atoms with Crippen molar-refractivity contribution < 1.29 is 22.6 Å². The molecule has 0 spiro atoms. The van der Waals surface area contributed by atoms with Crippen LogP contribution in [0.2, 0.25) is 0 Å². The monoisotopic (exact) mass is 523 g/mol. The fraction of sp³-hybridized carbons (Fsp3) is 0.350. The van der Waals surface area contributed by atoms with Crippen LogP contribution in [-0.4, -0.2) is 32.8 Å². The summed E-state index contributed by atoms with van der Waals surface area (Å²) in [5.41, 5.74) is 1.32. The van der Waals surface area contributed by atoms with Crippen LogP contribution in [0.25, 0.3) is 0 Å². The first kappa shape index (κ1) is 25.0. The van der Waals surface area contributed by atoms with Crippen LogP contribution in [0, 0.1) is 17.5 Å². The van der Waals surface area contributed by atoms with Crippen LogP contribution in [0.4, 0.5) is 13.2 Å². The fourth-order valence-corrected chi connectivity index (χ4v) is 2.43. The Balaban J connectivity index is 0.00000420. The molecule has 0 saturated carbocycles. The van der Waals surface area contributed by atoms with Crippen molar-refractivity contribution >= 4 is 29.9 Å². The molecule has 0 aliphatic carbocycles. The van der Waals surface area contributed by atoms with Gasteiger partial charge < -0.3 is 20.1 Å². The first-order chi connectivity index (χ1) is 13.5. The number of ether oxygens (including phenoxy) is 2. The van der Waals surface area contributed by atoms with E-state index in [0.717, 1.165) is 17.7 Å². The summed E-state index contributed by atoms with van der Waals surface area (Å²) < 4.78 is 50.4. The first-order valence-electron chi connectivity index (χ1n) is 8.89. The molecule has 29 heavy (non-hydrogen) atoms. The van der Waals surface area contributed by atoms with Gasteiger partial charge in [-0.25, -0.2) is 18.2 Å². The minimum absolute atomic E-state index is 0. The second-order valence-corrected chi connectivity index (χ2v) is 5.90. The summed E-state index contributed by atoms with van der Waals surface area (Å²) in [6.45, 7) is 3.65. The average molecular weight is 523 g/mol. The van der Waals surface area contributed by atoms with E-state index < -0.39 is 11.6 Å². The zero-order valence-electron chi connectivity index (χ0n) is 16.3. The van der Waals surface area contributed by atoms with Crippen molar-refractivity contribution in [3.8, 4) is 5.75 Å². The number of nitrogens with one attached hydrogen (secondary N) is 2. The predicted octanol–water partition coefficient (Wildman–Crippen LogP) is 4.00. The minimum atomic E-state index is -0.747. The Hall–Kier alpha value is -2.01. The summed E-state index contributed by atoms with van der Waals surface area (Å²) in [5.74, 6) is -1.18. The number of halogens is 4. The molecule has 0 aliphatic rings. The van der Waals surface area contributed by atoms with E-state index in [9.17, 15) is 13.2 Å². The Bertz CT molecular complexity index is 807. The van der Waals surface area contributed by atoms with Crippen molar-refractivity contribution in [1.82, 2.24) is 10.6 Å². The first-order valence-corrected chi connectivity index (χ1v) is 8.89. The molecule has 0 aliphatic heterocycles. The fourth-order valence-electron chi connectivity index (χ4n) is 2.43. The Morgan fingerprint density at radius 2 is 1.83 bits per heavy atom. The van der Waals surface area contributed by atoms with E-state index >= 15 is 0 Å². The van der Waals surface area contributed by atoms with Gasteiger partial charge >= 0.3 is 0 Å². The Morgan fingerprint density at radius 3 is 2.52 bits per heavy atom. The van der Waals surface area contributed by atoms with E-state index in [1.807, 2.05) is 6.92 Å². The predicted molar refractivity (Wildman–Crippen MR) is 117 cm³/mol. The lowest BCUT2D eigenvalue weighted by Crippen LogP contribution is -2.39. The number of aliphatic imine (C=N–C) groups is 1. The highest BCUT2D eigenvalue weighted by Crippen LogP contribution is 2.17. The van der Waals surface area contributed by atoms with Crippen molar-refractivity contribution in [3.63, 3.8) is 0 Å². The van der Waals surface area contributed by atoms with Crippen molar-refractivity contribution in [2.24, 2.45) is 4.99 Å². The molecule has 2 N–H and O–H groups in total. The lowest BCUT2D eigenvalue weighted by molar-refractivity contribution is 0.181. The molecule has 0 radical (unpaired) electrons. The Kier molecular flexibility index (Phi) is 11.4. The second kappa shape index (κ2) is 13.3. The lowest BCUT2D eigenvalue weighted by atomic mass is 10.1. The van der Waals surface area contributed by atoms with Crippen LogP contribution < -0.4 is 15.4 Å². The molecular weight excluding hydrogens is 498 g/mol. The molecule has 2 aromatic carbocycles. The molecule has 160 valence electrons. The third kappa shape index (κ3) is 8.48. The van der Waals surface area contributed by atoms with E-state index in [0.29, 0.717) is 31.2 Å². The number of guanidine groups is 1. The third-order valence-electron chi connectivity index (χ3n) is 3.72. The smallest absolute Gasteiger partial charge is 0.191 e. The van der Waals surface area contributed by atoms with Gasteiger partial charge in [0.25, 0.3) is 0 Å². The zero-order valence-corrected chi connectivity index (χ0v) is 18.6. The summed E-state index contributed by atoms with van der Waals surface area (Å²) in [4.78, 5) is 4.44. The number of nitrogens with zero attached hydrogens (tertiary/aromatic N) is 1. The summed E-state index contributed by atoms with van der Waals surface area (Å²) >= 11 is 0. The topological polar surface area (TPSA) is 54.9 Å². The second-order valence-electron chi connectivity index (χ2n) is 5.90. The van der Waals surface area contributed by atoms with Gasteiger partial charge in [0, 0.05) is 25.3 Å². The standard InChI is InChI=1S/C20H24F3N3O2.HI/c1-3-24-20(25-8-9-28-19-7-5-16(21)11-18(19)23)26-12-14-4-6-17(22)15(10-14)13-27-2;/h4-7,10-11H,3,8-9,12-13H2,1-2H3,(H2,24,25,26);1H. The van der Waals surface area contributed by atoms with Gasteiger partial charge in [0.15, 0.2) is 17.5 Å². The molecule has 0 saturated heterocycles. The maximum Gasteiger partial charge on any atom is 0.191 e. The molecule has 0 amide bonds. The van der Waals surface area contributed by atoms with Crippen LogP contribution in [-0.2, 0) is 17.9 Å². The van der Waals surface area contributed by atoms with Crippen molar-refractivity contribution in [2.45, 2.75) is 20.1 Å². The number of rotatable bonds is 9. The summed E-state index contributed by atoms with van der Waals surface area (Å²) in [5, 5.41) is 6.14. The van der Waals surface area contributed by atoms with Crippen LogP contribution in [0.1, 0.15) is 18.1 Å². The van der Waals surface area contributed by atoms with Crippen LogP contribution in [0.5, 0.6) is 5.75 Å². The van der Waals surface area contributed by atoms with Crippen molar-refractivity contribution in [2.75, 3.05) is 26.8 Å². The largest absolute Gasteiger partial charge is 0.489 e. The number of methoxy groups -OCH3 is 1. The lowest BCUT2D eigenvalue weighted by Gasteiger charge is -2.12. The van der Waals surface area contributed by atoms with Gasteiger partial charge in [-0.15, -0.1) is 24.0 Å². The van der Waals surface area contributed by atoms with E-state index in [1.54, 1.807) is 12.1 Å². The Labute approximate surface area is 185 Å². The van der Waals surface area contributed by atoms with Crippen molar-refractivity contribution in [1.29, 1.82) is 0 Å². The number of hydrogen-bond donors (Lipinski definition) is 2. The average Bonchev–Trinajstić information content (AvgIpc) is 2.67. The molecule has 0 fully saturated rings. The molecule has 9 heteroatoms. The molecule has 0 bridgehead atoms. The van der Waals surface area contributed by atoms with Gasteiger partial charge in [-0.05, 0) is 36.8 Å². The van der Waals surface area contributed by atoms with Gasteiger partial charge in [0.1, 0.15) is 18.2 Å². The van der Waals surface area contributed by atoms with Gasteiger partial charge in [0.05, 0.1) is 19.7 Å². The van der Waals surface area contributed by atoms with Crippen LogP contribution in [0.15, 0.2) is 41.4 Å². The highest BCUT2D eigenvalue weighted by atomic mass is 127. The number of benzene rings is 2. The molecule has 0 aromatic heterocycles. The van der Waals surface area contributed by atoms with Crippen LogP contribution >= 0.6 is 24.0 Å². The molecule has 0 heterocycles. The van der Waals surface area contributed by atoms with Gasteiger partial charge in [-0.2, -0.15) is 0 Å². The van der Waals surface area contributed by atoms with Gasteiger partial charge in [0.2, 0.25) is 0 Å². The van der Waals surface area contributed by atoms with E-state index in [2.05, 4.69) is 15.6 Å². The summed E-state index contributed by atoms with van der Waals surface area (Å²) in [7, 11) is 1.51. The molecular formula is C20H25F3IN3O2. The van der Waals surface area contributed by atoms with Gasteiger partial charge in [-0.1, -0.05) is 6.07 Å². The zero-order chi connectivity index (χ0) is 20.4. The quantitative estimate of drug-likeness (QED) is 0.226. The molecule has 2 aromatic rings. The maximum atomic E-state index is 13.7. The molecule has 5 nitrogen and oxygen atoms in total. The maximum absolute atomic E-state index is 13.7. The molecule has 2 rings (SSSR count). The highest BCUT2D eigenvalue weighted by Gasteiger charge is 2.06. The third-order valence-corrected chi connectivity index (χ3v) is 3.72. The minimum Gasteiger partial charge on any atom is -0.489 e. The highest BCUT2D eigenvalue weighted by molar-refractivity contribution is 14.0. The van der Waals surface area contributed by atoms with E-state index in [1.165, 1.54) is 19.2 Å². The van der Waals surface area contributed by atoms with Crippen molar-refractivity contribution in [3.05, 3.63) is 65.0 Å². The Morgan fingerprint density at radius 1 is 1.03 bits per heavy atom. The molecule has 0 atom stereocenters. The van der Waals surface area contributed by atoms with E-state index in [-0.39, 0.29) is 48.8 Å². The normalized spacial score (nSPS) is 11.0. The van der Waals surface area contributed by atoms with E-state index in [4.69, 9.17) is 9.47 Å². The number of hydrogen-bond acceptors (Lipinski definition) is 3. The van der Waals surface area contributed by atoms with Crippen LogP contribution in [0.3, 0.4) is 0 Å². The summed E-state index contributed by atoms with van der Waals surface area (Å²) in [6.07, 6.45) is 0. The molecule has 0 unspecified atom stereocenters.